The van der Waals surface area contributed by atoms with E-state index in [2.05, 4.69) is 38.7 Å². The number of alkyl halides is 3. The van der Waals surface area contributed by atoms with Crippen LogP contribution in [0.15, 0.2) is 66.9 Å². The fraction of sp³-hybridized carbons (Fsp3) is 0.455. The number of carbonyl (C=O) groups excluding carboxylic acids is 1. The van der Waals surface area contributed by atoms with Crippen molar-refractivity contribution in [3.05, 3.63) is 78.0 Å². The molecule has 41 heavy (non-hydrogen) atoms. The monoisotopic (exact) mass is 564 g/mol. The summed E-state index contributed by atoms with van der Waals surface area (Å²) in [5.41, 5.74) is 3.50. The lowest BCUT2D eigenvalue weighted by molar-refractivity contribution is -0.137. The molecule has 0 spiro atoms. The van der Waals surface area contributed by atoms with Crippen LogP contribution >= 0.6 is 0 Å². The molecule has 1 saturated heterocycles. The van der Waals surface area contributed by atoms with Gasteiger partial charge < -0.3 is 15.5 Å². The highest BCUT2D eigenvalue weighted by Crippen LogP contribution is 2.36. The van der Waals surface area contributed by atoms with E-state index in [0.717, 1.165) is 67.0 Å². The van der Waals surface area contributed by atoms with E-state index in [1.165, 1.54) is 38.3 Å². The molecular weight excluding hydrogens is 525 g/mol. The second-order valence-corrected chi connectivity index (χ2v) is 11.6. The van der Waals surface area contributed by atoms with Crippen molar-refractivity contribution in [2.24, 2.45) is 11.8 Å². The fourth-order valence-electron chi connectivity index (χ4n) is 6.43. The van der Waals surface area contributed by atoms with Gasteiger partial charge in [-0.25, -0.2) is 4.98 Å². The third-order valence-corrected chi connectivity index (χ3v) is 8.52. The fourth-order valence-corrected chi connectivity index (χ4v) is 6.43. The van der Waals surface area contributed by atoms with E-state index in [1.54, 1.807) is 12.1 Å². The smallest absolute Gasteiger partial charge is 0.371 e. The molecule has 2 aromatic carbocycles. The van der Waals surface area contributed by atoms with Crippen LogP contribution in [0.25, 0.3) is 11.1 Å². The van der Waals surface area contributed by atoms with E-state index >= 15 is 0 Å². The Labute approximate surface area is 240 Å². The van der Waals surface area contributed by atoms with E-state index in [4.69, 9.17) is 0 Å². The first-order valence-electron chi connectivity index (χ1n) is 14.7. The largest absolute Gasteiger partial charge is 0.416 e. The average Bonchev–Trinajstić information content (AvgIpc) is 2.97. The quantitative estimate of drug-likeness (QED) is 0.295. The summed E-state index contributed by atoms with van der Waals surface area (Å²) >= 11 is 0. The Balaban J connectivity index is 1.22. The topological polar surface area (TPSA) is 57.3 Å². The Kier molecular flexibility index (Phi) is 9.15. The summed E-state index contributed by atoms with van der Waals surface area (Å²) in [6.07, 6.45) is 5.58. The SMILES string of the molecule is CC(=O)NCc1cccc(-c2ccnc(N[C@@H]3CCCC[C@H]3C[C@H]3CCCN(c4ccc(C(F)(F)F)cc4)C3)c2)c1. The van der Waals surface area contributed by atoms with Gasteiger partial charge in [0.1, 0.15) is 5.82 Å². The van der Waals surface area contributed by atoms with Gasteiger partial charge in [0.05, 0.1) is 5.56 Å². The first-order valence-corrected chi connectivity index (χ1v) is 14.7. The molecule has 0 radical (unpaired) electrons. The lowest BCUT2D eigenvalue weighted by Gasteiger charge is -2.39. The first-order chi connectivity index (χ1) is 19.7. The number of carbonyl (C=O) groups is 1. The van der Waals surface area contributed by atoms with Crippen molar-refractivity contribution in [3.63, 3.8) is 0 Å². The van der Waals surface area contributed by atoms with E-state index in [1.807, 2.05) is 24.4 Å². The summed E-state index contributed by atoms with van der Waals surface area (Å²) < 4.78 is 39.1. The van der Waals surface area contributed by atoms with Gasteiger partial charge in [-0.1, -0.05) is 31.0 Å². The highest BCUT2D eigenvalue weighted by Gasteiger charge is 2.32. The summed E-state index contributed by atoms with van der Waals surface area (Å²) in [5, 5.41) is 6.62. The average molecular weight is 565 g/mol. The maximum Gasteiger partial charge on any atom is 0.416 e. The van der Waals surface area contributed by atoms with Gasteiger partial charge in [-0.15, -0.1) is 0 Å². The molecule has 3 aromatic rings. The summed E-state index contributed by atoms with van der Waals surface area (Å²) in [5.74, 6) is 1.88. The van der Waals surface area contributed by atoms with Crippen molar-refractivity contribution in [3.8, 4) is 11.1 Å². The van der Waals surface area contributed by atoms with Crippen LogP contribution in [0.1, 0.15) is 63.0 Å². The van der Waals surface area contributed by atoms with Gasteiger partial charge in [-0.3, -0.25) is 4.79 Å². The van der Waals surface area contributed by atoms with Crippen molar-refractivity contribution in [1.29, 1.82) is 0 Å². The number of nitrogens with one attached hydrogen (secondary N) is 2. The highest BCUT2D eigenvalue weighted by atomic mass is 19.4. The maximum atomic E-state index is 13.0. The van der Waals surface area contributed by atoms with E-state index in [-0.39, 0.29) is 5.91 Å². The molecule has 8 heteroatoms. The summed E-state index contributed by atoms with van der Waals surface area (Å²) in [6, 6.07) is 18.3. The molecule has 5 rings (SSSR count). The van der Waals surface area contributed by atoms with Gasteiger partial charge in [-0.05, 0) is 103 Å². The van der Waals surface area contributed by atoms with Crippen LogP contribution < -0.4 is 15.5 Å². The summed E-state index contributed by atoms with van der Waals surface area (Å²) in [4.78, 5) is 18.2. The molecule has 2 fully saturated rings. The Bertz CT molecular complexity index is 1310. The Hall–Kier alpha value is -3.55. The Morgan fingerprint density at radius 1 is 0.976 bits per heavy atom. The van der Waals surface area contributed by atoms with Crippen LogP contribution in [-0.2, 0) is 17.5 Å². The van der Waals surface area contributed by atoms with Crippen LogP contribution in [0, 0.1) is 11.8 Å². The third kappa shape index (κ3) is 7.80. The number of amides is 1. The van der Waals surface area contributed by atoms with Crippen molar-refractivity contribution in [1.82, 2.24) is 10.3 Å². The number of aromatic nitrogens is 1. The molecule has 2 heterocycles. The van der Waals surface area contributed by atoms with Crippen LogP contribution in [0.5, 0.6) is 0 Å². The van der Waals surface area contributed by atoms with Gasteiger partial charge in [0, 0.05) is 44.5 Å². The highest BCUT2D eigenvalue weighted by molar-refractivity contribution is 5.73. The number of pyridine rings is 1. The molecule has 1 aliphatic carbocycles. The molecule has 1 aromatic heterocycles. The zero-order chi connectivity index (χ0) is 28.8. The first kappa shape index (κ1) is 29.0. The minimum absolute atomic E-state index is 0.0478. The lowest BCUT2D eigenvalue weighted by atomic mass is 9.77. The number of hydrogen-bond donors (Lipinski definition) is 2. The third-order valence-electron chi connectivity index (χ3n) is 8.52. The Morgan fingerprint density at radius 2 is 1.76 bits per heavy atom. The van der Waals surface area contributed by atoms with Gasteiger partial charge in [0.15, 0.2) is 0 Å². The molecule has 0 bridgehead atoms. The maximum absolute atomic E-state index is 13.0. The number of anilines is 2. The van der Waals surface area contributed by atoms with Crippen LogP contribution in [-0.4, -0.2) is 30.0 Å². The van der Waals surface area contributed by atoms with Gasteiger partial charge in [-0.2, -0.15) is 13.2 Å². The van der Waals surface area contributed by atoms with Crippen LogP contribution in [0.4, 0.5) is 24.7 Å². The minimum atomic E-state index is -4.31. The molecule has 5 nitrogen and oxygen atoms in total. The molecule has 2 N–H and O–H groups in total. The van der Waals surface area contributed by atoms with Crippen molar-refractivity contribution >= 4 is 17.4 Å². The van der Waals surface area contributed by atoms with Crippen molar-refractivity contribution in [2.45, 2.75) is 70.6 Å². The number of benzene rings is 2. The second kappa shape index (κ2) is 13.0. The van der Waals surface area contributed by atoms with Gasteiger partial charge >= 0.3 is 6.18 Å². The molecule has 2 aliphatic rings. The minimum Gasteiger partial charge on any atom is -0.371 e. The van der Waals surface area contributed by atoms with Gasteiger partial charge in [0.25, 0.3) is 0 Å². The summed E-state index contributed by atoms with van der Waals surface area (Å²) in [6.45, 7) is 3.79. The number of nitrogens with zero attached hydrogens (tertiary/aromatic N) is 2. The number of hydrogen-bond acceptors (Lipinski definition) is 4. The normalized spacial score (nSPS) is 21.4. The number of piperidine rings is 1. The number of rotatable bonds is 8. The zero-order valence-electron chi connectivity index (χ0n) is 23.6. The van der Waals surface area contributed by atoms with Crippen molar-refractivity contribution < 1.29 is 18.0 Å². The molecule has 1 amide bonds. The van der Waals surface area contributed by atoms with Crippen molar-refractivity contribution in [2.75, 3.05) is 23.3 Å². The van der Waals surface area contributed by atoms with E-state index in [0.29, 0.717) is 24.4 Å². The second-order valence-electron chi connectivity index (χ2n) is 11.6. The molecule has 218 valence electrons. The van der Waals surface area contributed by atoms with E-state index < -0.39 is 11.7 Å². The molecular formula is C33H39F3N4O. The predicted octanol–water partition coefficient (Wildman–Crippen LogP) is 7.68. The lowest BCUT2D eigenvalue weighted by Crippen LogP contribution is -2.39. The molecule has 3 atom stereocenters. The van der Waals surface area contributed by atoms with Gasteiger partial charge in [0.2, 0.25) is 5.91 Å². The number of halogens is 3. The Morgan fingerprint density at radius 3 is 2.54 bits per heavy atom. The zero-order valence-corrected chi connectivity index (χ0v) is 23.6. The molecule has 0 unspecified atom stereocenters. The van der Waals surface area contributed by atoms with Crippen LogP contribution in [0.2, 0.25) is 0 Å². The standard InChI is InChI=1S/C33H39F3N4O/c1-23(41)38-21-24-6-4-9-26(18-24)27-15-16-37-32(20-27)39-31-10-3-2-8-28(31)19-25-7-5-17-40(22-25)30-13-11-29(12-14-30)33(34,35)36/h4,6,9,11-16,18,20,25,28,31H,2-3,5,7-8,10,17,19,21-22H2,1H3,(H,37,39)(H,38,41)/t25-,28+,31-/m1/s1. The molecule has 1 aliphatic heterocycles. The molecule has 1 saturated carbocycles. The predicted molar refractivity (Wildman–Crippen MR) is 158 cm³/mol. The van der Waals surface area contributed by atoms with Crippen LogP contribution in [0.3, 0.4) is 0 Å². The summed E-state index contributed by atoms with van der Waals surface area (Å²) in [7, 11) is 0. The van der Waals surface area contributed by atoms with E-state index in [9.17, 15) is 18.0 Å².